The molecule has 3 unspecified atom stereocenters. The Balaban J connectivity index is 1.95. The summed E-state index contributed by atoms with van der Waals surface area (Å²) >= 11 is 0. The first-order valence-corrected chi connectivity index (χ1v) is 9.12. The summed E-state index contributed by atoms with van der Waals surface area (Å²) in [5, 5.41) is 3.87. The third kappa shape index (κ3) is 5.14. The molecule has 1 saturated carbocycles. The minimum absolute atomic E-state index is 0.718. The number of rotatable bonds is 8. The lowest BCUT2D eigenvalue weighted by atomic mass is 9.73. The van der Waals surface area contributed by atoms with Crippen LogP contribution in [0.1, 0.15) is 64.4 Å². The van der Waals surface area contributed by atoms with Crippen molar-refractivity contribution in [2.24, 2.45) is 11.8 Å². The number of hydrogen-bond acceptors (Lipinski definition) is 1. The highest BCUT2D eigenvalue weighted by Crippen LogP contribution is 2.35. The van der Waals surface area contributed by atoms with Crippen molar-refractivity contribution in [3.63, 3.8) is 0 Å². The lowest BCUT2D eigenvalue weighted by molar-refractivity contribution is 0.169. The number of aryl methyl sites for hydroxylation is 1. The molecular weight excluding hydrogens is 254 g/mol. The Morgan fingerprint density at radius 3 is 2.57 bits per heavy atom. The van der Waals surface area contributed by atoms with E-state index in [1.54, 1.807) is 0 Å². The Morgan fingerprint density at radius 2 is 1.86 bits per heavy atom. The summed E-state index contributed by atoms with van der Waals surface area (Å²) in [4.78, 5) is 0. The van der Waals surface area contributed by atoms with Gasteiger partial charge in [-0.1, -0.05) is 69.9 Å². The third-order valence-corrected chi connectivity index (χ3v) is 5.25. The van der Waals surface area contributed by atoms with Crippen molar-refractivity contribution in [2.75, 3.05) is 6.54 Å². The molecule has 1 aliphatic carbocycles. The maximum absolute atomic E-state index is 3.87. The van der Waals surface area contributed by atoms with Gasteiger partial charge >= 0.3 is 0 Å². The molecule has 1 aromatic carbocycles. The highest BCUT2D eigenvalue weighted by atomic mass is 14.9. The molecule has 0 saturated heterocycles. The van der Waals surface area contributed by atoms with Gasteiger partial charge in [-0.15, -0.1) is 0 Å². The summed E-state index contributed by atoms with van der Waals surface area (Å²) in [6.45, 7) is 5.84. The Morgan fingerprint density at radius 1 is 1.10 bits per heavy atom. The van der Waals surface area contributed by atoms with Gasteiger partial charge in [-0.25, -0.2) is 0 Å². The van der Waals surface area contributed by atoms with E-state index in [1.807, 2.05) is 0 Å². The van der Waals surface area contributed by atoms with E-state index in [4.69, 9.17) is 0 Å². The van der Waals surface area contributed by atoms with Crippen LogP contribution in [0.25, 0.3) is 0 Å². The molecule has 118 valence electrons. The quantitative estimate of drug-likeness (QED) is 0.692. The molecule has 0 spiro atoms. The van der Waals surface area contributed by atoms with Crippen LogP contribution in [0.5, 0.6) is 0 Å². The summed E-state index contributed by atoms with van der Waals surface area (Å²) in [5.74, 6) is 1.85. The van der Waals surface area contributed by atoms with Crippen molar-refractivity contribution >= 4 is 0 Å². The molecule has 0 amide bonds. The van der Waals surface area contributed by atoms with Crippen LogP contribution in [-0.4, -0.2) is 12.6 Å². The highest BCUT2D eigenvalue weighted by molar-refractivity contribution is 5.14. The molecule has 2 rings (SSSR count). The zero-order chi connectivity index (χ0) is 14.9. The first-order chi connectivity index (χ1) is 10.3. The molecule has 1 nitrogen and oxygen atoms in total. The second kappa shape index (κ2) is 9.25. The average molecular weight is 287 g/mol. The van der Waals surface area contributed by atoms with Crippen LogP contribution >= 0.6 is 0 Å². The van der Waals surface area contributed by atoms with E-state index in [0.29, 0.717) is 0 Å². The Labute approximate surface area is 131 Å². The van der Waals surface area contributed by atoms with Gasteiger partial charge in [0.15, 0.2) is 0 Å². The van der Waals surface area contributed by atoms with Crippen molar-refractivity contribution in [3.05, 3.63) is 35.9 Å². The minimum Gasteiger partial charge on any atom is -0.314 e. The predicted octanol–water partition coefficient (Wildman–Crippen LogP) is 5.20. The molecular formula is C20H33N. The third-order valence-electron chi connectivity index (χ3n) is 5.25. The fourth-order valence-corrected chi connectivity index (χ4v) is 4.04. The fraction of sp³-hybridized carbons (Fsp3) is 0.700. The summed E-state index contributed by atoms with van der Waals surface area (Å²) in [5.41, 5.74) is 1.49. The van der Waals surface area contributed by atoms with E-state index >= 15 is 0 Å². The van der Waals surface area contributed by atoms with E-state index < -0.39 is 0 Å². The van der Waals surface area contributed by atoms with Crippen molar-refractivity contribution < 1.29 is 0 Å². The minimum atomic E-state index is 0.718. The predicted molar refractivity (Wildman–Crippen MR) is 92.6 cm³/mol. The molecule has 1 aromatic rings. The largest absolute Gasteiger partial charge is 0.314 e. The van der Waals surface area contributed by atoms with E-state index in [1.165, 1.54) is 63.5 Å². The topological polar surface area (TPSA) is 12.0 Å². The molecule has 1 heteroatoms. The van der Waals surface area contributed by atoms with Crippen molar-refractivity contribution in [1.82, 2.24) is 5.32 Å². The highest BCUT2D eigenvalue weighted by Gasteiger charge is 2.30. The van der Waals surface area contributed by atoms with Gasteiger partial charge < -0.3 is 5.32 Å². The average Bonchev–Trinajstić information content (AvgIpc) is 2.56. The van der Waals surface area contributed by atoms with Gasteiger partial charge in [0, 0.05) is 6.04 Å². The van der Waals surface area contributed by atoms with Crippen LogP contribution in [0.3, 0.4) is 0 Å². The van der Waals surface area contributed by atoms with Crippen LogP contribution in [0.15, 0.2) is 30.3 Å². The standard InChI is InChI=1S/C20H33N/c1-3-16-21-20(15-14-17-10-6-5-7-11-17)19-13-9-8-12-18(19)4-2/h5-7,10-11,18-21H,3-4,8-9,12-16H2,1-2H3. The van der Waals surface area contributed by atoms with Gasteiger partial charge in [0.25, 0.3) is 0 Å². The number of nitrogens with one attached hydrogen (secondary N) is 1. The number of benzene rings is 1. The molecule has 1 fully saturated rings. The van der Waals surface area contributed by atoms with Crippen molar-refractivity contribution in [2.45, 2.75) is 71.3 Å². The monoisotopic (exact) mass is 287 g/mol. The van der Waals surface area contributed by atoms with Crippen LogP contribution in [0.2, 0.25) is 0 Å². The molecule has 0 radical (unpaired) electrons. The van der Waals surface area contributed by atoms with Crippen molar-refractivity contribution in [3.8, 4) is 0 Å². The zero-order valence-electron chi connectivity index (χ0n) is 14.0. The zero-order valence-corrected chi connectivity index (χ0v) is 14.0. The summed E-state index contributed by atoms with van der Waals surface area (Å²) in [6.07, 6.45) is 10.9. The molecule has 0 aromatic heterocycles. The maximum atomic E-state index is 3.87. The first kappa shape index (κ1) is 16.5. The van der Waals surface area contributed by atoms with Gasteiger partial charge in [0.2, 0.25) is 0 Å². The molecule has 1 N–H and O–H groups in total. The van der Waals surface area contributed by atoms with Crippen LogP contribution < -0.4 is 5.32 Å². The molecule has 0 bridgehead atoms. The van der Waals surface area contributed by atoms with Crippen LogP contribution in [0, 0.1) is 11.8 Å². The molecule has 3 atom stereocenters. The maximum Gasteiger partial charge on any atom is 0.0101 e. The lowest BCUT2D eigenvalue weighted by Crippen LogP contribution is -2.41. The fourth-order valence-electron chi connectivity index (χ4n) is 4.04. The van der Waals surface area contributed by atoms with Gasteiger partial charge in [-0.2, -0.15) is 0 Å². The molecule has 21 heavy (non-hydrogen) atoms. The summed E-state index contributed by atoms with van der Waals surface area (Å²) < 4.78 is 0. The van der Waals surface area contributed by atoms with Crippen LogP contribution in [-0.2, 0) is 6.42 Å². The van der Waals surface area contributed by atoms with E-state index in [-0.39, 0.29) is 0 Å². The second-order valence-corrected chi connectivity index (χ2v) is 6.70. The number of hydrogen-bond donors (Lipinski definition) is 1. The summed E-state index contributed by atoms with van der Waals surface area (Å²) in [7, 11) is 0. The normalized spacial score (nSPS) is 23.9. The first-order valence-electron chi connectivity index (χ1n) is 9.12. The Bertz CT molecular complexity index is 373. The SMILES string of the molecule is CCCNC(CCc1ccccc1)C1CCCCC1CC. The van der Waals surface area contributed by atoms with Crippen LogP contribution in [0.4, 0.5) is 0 Å². The van der Waals surface area contributed by atoms with E-state index in [2.05, 4.69) is 49.5 Å². The van der Waals surface area contributed by atoms with Gasteiger partial charge in [0.1, 0.15) is 0 Å². The van der Waals surface area contributed by atoms with Crippen molar-refractivity contribution in [1.29, 1.82) is 0 Å². The lowest BCUT2D eigenvalue weighted by Gasteiger charge is -2.37. The smallest absolute Gasteiger partial charge is 0.0101 e. The molecule has 0 aliphatic heterocycles. The van der Waals surface area contributed by atoms with Gasteiger partial charge in [0.05, 0.1) is 0 Å². The Hall–Kier alpha value is -0.820. The summed E-state index contributed by atoms with van der Waals surface area (Å²) in [6, 6.07) is 11.7. The Kier molecular flexibility index (Phi) is 7.29. The van der Waals surface area contributed by atoms with Gasteiger partial charge in [-0.3, -0.25) is 0 Å². The van der Waals surface area contributed by atoms with E-state index in [9.17, 15) is 0 Å². The van der Waals surface area contributed by atoms with E-state index in [0.717, 1.165) is 17.9 Å². The molecule has 1 aliphatic rings. The van der Waals surface area contributed by atoms with Gasteiger partial charge in [-0.05, 0) is 49.6 Å². The molecule has 0 heterocycles. The second-order valence-electron chi connectivity index (χ2n) is 6.70.